The van der Waals surface area contributed by atoms with E-state index in [1.54, 1.807) is 19.1 Å². The molecule has 0 bridgehead atoms. The van der Waals surface area contributed by atoms with Crippen LogP contribution < -0.4 is 15.4 Å². The van der Waals surface area contributed by atoms with Gasteiger partial charge in [0.25, 0.3) is 5.91 Å². The average molecular weight is 388 g/mol. The van der Waals surface area contributed by atoms with Crippen molar-refractivity contribution < 1.29 is 13.2 Å². The molecule has 1 heterocycles. The second-order valence-corrected chi connectivity index (χ2v) is 8.54. The largest absolute Gasteiger partial charge is 0.348 e. The van der Waals surface area contributed by atoms with Crippen LogP contribution >= 0.6 is 0 Å². The monoisotopic (exact) mass is 387 g/mol. The van der Waals surface area contributed by atoms with Gasteiger partial charge in [-0.25, -0.2) is 13.1 Å². The minimum absolute atomic E-state index is 0.0730. The zero-order valence-electron chi connectivity index (χ0n) is 15.4. The molecule has 2 aromatic rings. The van der Waals surface area contributed by atoms with Crippen LogP contribution in [0.5, 0.6) is 0 Å². The Kier molecular flexibility index (Phi) is 6.26. The van der Waals surface area contributed by atoms with Crippen molar-refractivity contribution in [2.24, 2.45) is 0 Å². The lowest BCUT2D eigenvalue weighted by Crippen LogP contribution is -2.45. The van der Waals surface area contributed by atoms with Crippen molar-refractivity contribution in [3.05, 3.63) is 65.2 Å². The van der Waals surface area contributed by atoms with Gasteiger partial charge in [0.2, 0.25) is 10.0 Å². The van der Waals surface area contributed by atoms with E-state index >= 15 is 0 Å². The van der Waals surface area contributed by atoms with E-state index in [1.165, 1.54) is 6.07 Å². The minimum Gasteiger partial charge on any atom is -0.348 e. The van der Waals surface area contributed by atoms with E-state index in [2.05, 4.69) is 15.4 Å². The molecule has 0 aromatic heterocycles. The number of sulfonamides is 1. The lowest BCUT2D eigenvalue weighted by atomic mass is 10.1. The van der Waals surface area contributed by atoms with Crippen molar-refractivity contribution in [2.75, 3.05) is 13.1 Å². The van der Waals surface area contributed by atoms with E-state index in [0.29, 0.717) is 11.1 Å². The van der Waals surface area contributed by atoms with Gasteiger partial charge in [0.1, 0.15) is 0 Å². The van der Waals surface area contributed by atoms with E-state index in [-0.39, 0.29) is 23.4 Å². The van der Waals surface area contributed by atoms with Crippen LogP contribution in [0.15, 0.2) is 53.4 Å². The summed E-state index contributed by atoms with van der Waals surface area (Å²) in [5.74, 6) is -0.247. The van der Waals surface area contributed by atoms with Gasteiger partial charge in [-0.3, -0.25) is 4.79 Å². The first-order valence-corrected chi connectivity index (χ1v) is 10.6. The highest BCUT2D eigenvalue weighted by Crippen LogP contribution is 2.18. The number of carbonyl (C=O) groups excluding carboxylic acids is 1. The topological polar surface area (TPSA) is 87.3 Å². The fraction of sp³-hybridized carbons (Fsp3) is 0.350. The zero-order chi connectivity index (χ0) is 19.3. The number of hydrogen-bond acceptors (Lipinski definition) is 4. The summed E-state index contributed by atoms with van der Waals surface area (Å²) < 4.78 is 28.1. The van der Waals surface area contributed by atoms with Crippen molar-refractivity contribution in [2.45, 2.75) is 37.2 Å². The fourth-order valence-electron chi connectivity index (χ4n) is 3.13. The Hall–Kier alpha value is -2.22. The number of piperidine rings is 1. The van der Waals surface area contributed by atoms with Crippen LogP contribution in [-0.2, 0) is 16.6 Å². The maximum absolute atomic E-state index is 12.7. The van der Waals surface area contributed by atoms with Gasteiger partial charge in [-0.05, 0) is 49.6 Å². The van der Waals surface area contributed by atoms with Crippen LogP contribution in [0.3, 0.4) is 0 Å². The second kappa shape index (κ2) is 8.65. The van der Waals surface area contributed by atoms with Crippen molar-refractivity contribution in [1.29, 1.82) is 0 Å². The summed E-state index contributed by atoms with van der Waals surface area (Å²) in [6.07, 6.45) is 1.94. The number of carbonyl (C=O) groups is 1. The summed E-state index contributed by atoms with van der Waals surface area (Å²) >= 11 is 0. The molecule has 2 aromatic carbocycles. The number of rotatable bonds is 6. The highest BCUT2D eigenvalue weighted by Gasteiger charge is 2.21. The van der Waals surface area contributed by atoms with Gasteiger partial charge in [0, 0.05) is 24.7 Å². The molecule has 7 heteroatoms. The van der Waals surface area contributed by atoms with Gasteiger partial charge in [-0.15, -0.1) is 0 Å². The Morgan fingerprint density at radius 3 is 2.67 bits per heavy atom. The van der Waals surface area contributed by atoms with Crippen molar-refractivity contribution in [1.82, 2.24) is 15.4 Å². The van der Waals surface area contributed by atoms with Crippen LogP contribution in [0, 0.1) is 6.92 Å². The molecule has 27 heavy (non-hydrogen) atoms. The SMILES string of the molecule is Cc1ccc(C(=O)N[C@H]2CCCNC2)cc1S(=O)(=O)NCc1ccccc1. The zero-order valence-corrected chi connectivity index (χ0v) is 16.2. The van der Waals surface area contributed by atoms with Gasteiger partial charge >= 0.3 is 0 Å². The highest BCUT2D eigenvalue weighted by molar-refractivity contribution is 7.89. The smallest absolute Gasteiger partial charge is 0.251 e. The third-order valence-corrected chi connectivity index (χ3v) is 6.22. The lowest BCUT2D eigenvalue weighted by Gasteiger charge is -2.24. The highest BCUT2D eigenvalue weighted by atomic mass is 32.2. The second-order valence-electron chi connectivity index (χ2n) is 6.81. The molecule has 1 fully saturated rings. The first kappa shape index (κ1) is 19.5. The summed E-state index contributed by atoms with van der Waals surface area (Å²) in [5, 5.41) is 6.22. The molecule has 0 radical (unpaired) electrons. The van der Waals surface area contributed by atoms with E-state index < -0.39 is 10.0 Å². The Morgan fingerprint density at radius 1 is 1.19 bits per heavy atom. The van der Waals surface area contributed by atoms with Crippen LogP contribution in [0.4, 0.5) is 0 Å². The van der Waals surface area contributed by atoms with Gasteiger partial charge in [-0.2, -0.15) is 0 Å². The molecular formula is C20H25N3O3S. The van der Waals surface area contributed by atoms with Crippen molar-refractivity contribution >= 4 is 15.9 Å². The molecule has 3 N–H and O–H groups in total. The predicted molar refractivity (Wildman–Crippen MR) is 105 cm³/mol. The number of benzene rings is 2. The first-order valence-electron chi connectivity index (χ1n) is 9.11. The number of amides is 1. The molecule has 1 atom stereocenters. The Bertz CT molecular complexity index is 892. The quantitative estimate of drug-likeness (QED) is 0.707. The molecule has 1 aliphatic heterocycles. The summed E-state index contributed by atoms with van der Waals surface area (Å²) in [4.78, 5) is 12.7. The summed E-state index contributed by atoms with van der Waals surface area (Å²) in [6.45, 7) is 3.63. The molecule has 144 valence electrons. The molecule has 3 rings (SSSR count). The molecule has 0 unspecified atom stereocenters. The lowest BCUT2D eigenvalue weighted by molar-refractivity contribution is 0.0930. The van der Waals surface area contributed by atoms with Crippen LogP contribution in [0.1, 0.15) is 34.3 Å². The first-order chi connectivity index (χ1) is 13.0. The third kappa shape index (κ3) is 5.15. The maximum atomic E-state index is 12.7. The third-order valence-electron chi connectivity index (χ3n) is 4.68. The van der Waals surface area contributed by atoms with Gasteiger partial charge in [0.05, 0.1) is 4.90 Å². The van der Waals surface area contributed by atoms with Gasteiger partial charge in [0.15, 0.2) is 0 Å². The van der Waals surface area contributed by atoms with Gasteiger partial charge < -0.3 is 10.6 Å². The summed E-state index contributed by atoms with van der Waals surface area (Å²) in [5.41, 5.74) is 1.83. The molecule has 1 saturated heterocycles. The molecular weight excluding hydrogens is 362 g/mol. The number of hydrogen-bond donors (Lipinski definition) is 3. The van der Waals surface area contributed by atoms with Crippen LogP contribution in [0.25, 0.3) is 0 Å². The Labute approximate surface area is 160 Å². The summed E-state index contributed by atoms with van der Waals surface area (Å²) in [7, 11) is -3.72. The summed E-state index contributed by atoms with van der Waals surface area (Å²) in [6, 6.07) is 14.2. The molecule has 1 aliphatic rings. The van der Waals surface area contributed by atoms with Crippen LogP contribution in [-0.4, -0.2) is 33.5 Å². The van der Waals surface area contributed by atoms with Gasteiger partial charge in [-0.1, -0.05) is 36.4 Å². The fourth-order valence-corrected chi connectivity index (χ4v) is 4.41. The number of nitrogens with one attached hydrogen (secondary N) is 3. The minimum atomic E-state index is -3.72. The van der Waals surface area contributed by atoms with E-state index in [9.17, 15) is 13.2 Å². The average Bonchev–Trinajstić information content (AvgIpc) is 2.68. The maximum Gasteiger partial charge on any atom is 0.251 e. The standard InChI is InChI=1S/C20H25N3O3S/c1-15-9-10-17(20(24)23-18-8-5-11-21-14-18)12-19(15)27(25,26)22-13-16-6-3-2-4-7-16/h2-4,6-7,9-10,12,18,21-22H,5,8,11,13-14H2,1H3,(H,23,24)/t18-/m0/s1. The van der Waals surface area contributed by atoms with Crippen molar-refractivity contribution in [3.63, 3.8) is 0 Å². The molecule has 1 amide bonds. The Balaban J connectivity index is 1.74. The van der Waals surface area contributed by atoms with Crippen molar-refractivity contribution in [3.8, 4) is 0 Å². The van der Waals surface area contributed by atoms with E-state index in [0.717, 1.165) is 31.5 Å². The normalized spacial score (nSPS) is 17.4. The molecule has 0 aliphatic carbocycles. The van der Waals surface area contributed by atoms with E-state index in [1.807, 2.05) is 30.3 Å². The van der Waals surface area contributed by atoms with Crippen LogP contribution in [0.2, 0.25) is 0 Å². The molecule has 0 saturated carbocycles. The predicted octanol–water partition coefficient (Wildman–Crippen LogP) is 1.96. The Morgan fingerprint density at radius 2 is 1.96 bits per heavy atom. The molecule has 0 spiro atoms. The molecule has 6 nitrogen and oxygen atoms in total. The van der Waals surface area contributed by atoms with E-state index in [4.69, 9.17) is 0 Å². The number of aryl methyl sites for hydroxylation is 1.